The fourth-order valence-corrected chi connectivity index (χ4v) is 3.01. The van der Waals surface area contributed by atoms with Crippen molar-refractivity contribution in [2.75, 3.05) is 38.6 Å². The summed E-state index contributed by atoms with van der Waals surface area (Å²) >= 11 is 0. The number of halogens is 1. The van der Waals surface area contributed by atoms with E-state index >= 15 is 0 Å². The molecule has 2 atom stereocenters. The topological polar surface area (TPSA) is 26.7 Å². The van der Waals surface area contributed by atoms with Gasteiger partial charge in [-0.25, -0.2) is 4.39 Å². The largest absolute Gasteiger partial charge is 0.389 e. The lowest BCUT2D eigenvalue weighted by molar-refractivity contribution is 0.199. The van der Waals surface area contributed by atoms with Gasteiger partial charge in [0.25, 0.3) is 0 Å². The van der Waals surface area contributed by atoms with Crippen LogP contribution in [0.5, 0.6) is 0 Å². The summed E-state index contributed by atoms with van der Waals surface area (Å²) in [4.78, 5) is 4.49. The van der Waals surface area contributed by atoms with Gasteiger partial charge in [-0.2, -0.15) is 0 Å². The molecule has 0 bridgehead atoms. The normalized spacial score (nSPS) is 21.2. The minimum atomic E-state index is -0.659. The van der Waals surface area contributed by atoms with Crippen LogP contribution in [0.4, 0.5) is 10.1 Å². The Morgan fingerprint density at radius 2 is 2.20 bits per heavy atom. The van der Waals surface area contributed by atoms with E-state index < -0.39 is 6.10 Å². The van der Waals surface area contributed by atoms with E-state index in [1.165, 1.54) is 12.5 Å². The van der Waals surface area contributed by atoms with Gasteiger partial charge in [0.1, 0.15) is 5.82 Å². The summed E-state index contributed by atoms with van der Waals surface area (Å²) in [5.41, 5.74) is 2.23. The second-order valence-electron chi connectivity index (χ2n) is 6.13. The third kappa shape index (κ3) is 3.30. The molecule has 20 heavy (non-hydrogen) atoms. The molecule has 1 aromatic carbocycles. The van der Waals surface area contributed by atoms with E-state index in [1.807, 2.05) is 13.1 Å². The van der Waals surface area contributed by atoms with Crippen LogP contribution in [0.15, 0.2) is 12.1 Å². The maximum absolute atomic E-state index is 13.7. The molecular weight excluding hydrogens is 255 g/mol. The molecule has 0 aliphatic carbocycles. The monoisotopic (exact) mass is 280 g/mol. The van der Waals surface area contributed by atoms with Crippen molar-refractivity contribution < 1.29 is 9.50 Å². The van der Waals surface area contributed by atoms with Gasteiger partial charge in [-0.05, 0) is 57.5 Å². The molecule has 1 aromatic rings. The number of likely N-dealkylation sites (tertiary alicyclic amines) is 1. The molecule has 0 amide bonds. The summed E-state index contributed by atoms with van der Waals surface area (Å²) in [6.45, 7) is 6.64. The molecule has 0 aromatic heterocycles. The highest BCUT2D eigenvalue weighted by Crippen LogP contribution is 2.30. The van der Waals surface area contributed by atoms with Crippen LogP contribution in [0.2, 0.25) is 0 Å². The maximum Gasteiger partial charge on any atom is 0.126 e. The number of aryl methyl sites for hydroxylation is 1. The Bertz CT molecular complexity index is 476. The lowest BCUT2D eigenvalue weighted by Crippen LogP contribution is -2.28. The lowest BCUT2D eigenvalue weighted by atomic mass is 10.0. The zero-order valence-corrected chi connectivity index (χ0v) is 12.9. The van der Waals surface area contributed by atoms with Crippen LogP contribution in [-0.2, 0) is 0 Å². The number of rotatable bonds is 4. The van der Waals surface area contributed by atoms with Crippen LogP contribution < -0.4 is 4.90 Å². The van der Waals surface area contributed by atoms with Crippen LogP contribution in [0, 0.1) is 18.7 Å². The van der Waals surface area contributed by atoms with E-state index in [9.17, 15) is 9.50 Å². The summed E-state index contributed by atoms with van der Waals surface area (Å²) in [5, 5.41) is 9.87. The third-order valence-electron chi connectivity index (χ3n) is 4.19. The van der Waals surface area contributed by atoms with E-state index in [-0.39, 0.29) is 5.82 Å². The molecule has 3 nitrogen and oxygen atoms in total. The fourth-order valence-electron chi connectivity index (χ4n) is 3.01. The molecule has 1 heterocycles. The summed E-state index contributed by atoms with van der Waals surface area (Å²) in [6.07, 6.45) is 0.541. The second kappa shape index (κ2) is 6.10. The van der Waals surface area contributed by atoms with Crippen molar-refractivity contribution in [3.05, 3.63) is 29.1 Å². The zero-order chi connectivity index (χ0) is 14.9. The van der Waals surface area contributed by atoms with Gasteiger partial charge in [0.2, 0.25) is 0 Å². The predicted molar refractivity (Wildman–Crippen MR) is 80.6 cm³/mol. The van der Waals surface area contributed by atoms with E-state index in [0.717, 1.165) is 25.3 Å². The Hall–Kier alpha value is -1.13. The average Bonchev–Trinajstić information content (AvgIpc) is 2.77. The minimum Gasteiger partial charge on any atom is -0.389 e. The first-order valence-electron chi connectivity index (χ1n) is 7.26. The van der Waals surface area contributed by atoms with Crippen molar-refractivity contribution in [2.45, 2.75) is 26.4 Å². The van der Waals surface area contributed by atoms with Gasteiger partial charge in [0.05, 0.1) is 6.10 Å². The number of anilines is 1. The van der Waals surface area contributed by atoms with Crippen LogP contribution in [0.3, 0.4) is 0 Å². The van der Waals surface area contributed by atoms with Crippen molar-refractivity contribution in [2.24, 2.45) is 5.92 Å². The van der Waals surface area contributed by atoms with Gasteiger partial charge in [-0.15, -0.1) is 0 Å². The zero-order valence-electron chi connectivity index (χ0n) is 12.9. The maximum atomic E-state index is 13.7. The van der Waals surface area contributed by atoms with Crippen LogP contribution >= 0.6 is 0 Å². The minimum absolute atomic E-state index is 0.251. The fraction of sp³-hybridized carbons (Fsp3) is 0.625. The van der Waals surface area contributed by atoms with Gasteiger partial charge in [0.15, 0.2) is 0 Å². The van der Waals surface area contributed by atoms with Gasteiger partial charge in [-0.3, -0.25) is 0 Å². The molecule has 112 valence electrons. The number of aliphatic hydroxyl groups is 1. The Balaban J connectivity index is 2.19. The van der Waals surface area contributed by atoms with Crippen LogP contribution in [0.25, 0.3) is 0 Å². The van der Waals surface area contributed by atoms with Crippen molar-refractivity contribution in [1.82, 2.24) is 4.90 Å². The van der Waals surface area contributed by atoms with Gasteiger partial charge in [-0.1, -0.05) is 0 Å². The standard InChI is InChI=1S/C16H25FN2O/c1-11-7-16(14(12(2)20)8-15(11)17)19(4)10-13-5-6-18(3)9-13/h7-8,12-13,20H,5-6,9-10H2,1-4H3/t12-,13?/m1/s1. The molecular formula is C16H25FN2O. The Kier molecular flexibility index (Phi) is 4.66. The Morgan fingerprint density at radius 1 is 1.50 bits per heavy atom. The predicted octanol–water partition coefficient (Wildman–Crippen LogP) is 2.58. The molecule has 1 fully saturated rings. The van der Waals surface area contributed by atoms with Crippen LogP contribution in [0.1, 0.15) is 30.6 Å². The highest BCUT2D eigenvalue weighted by Gasteiger charge is 2.22. The van der Waals surface area contributed by atoms with Gasteiger partial charge >= 0.3 is 0 Å². The molecule has 1 aliphatic rings. The lowest BCUT2D eigenvalue weighted by Gasteiger charge is -2.27. The summed E-state index contributed by atoms with van der Waals surface area (Å²) in [6, 6.07) is 3.31. The van der Waals surface area contributed by atoms with Crippen LogP contribution in [-0.4, -0.2) is 43.7 Å². The molecule has 1 saturated heterocycles. The van der Waals surface area contributed by atoms with E-state index in [1.54, 1.807) is 13.8 Å². The molecule has 0 radical (unpaired) electrons. The summed E-state index contributed by atoms with van der Waals surface area (Å²) in [7, 11) is 4.17. The van der Waals surface area contributed by atoms with Crippen molar-refractivity contribution in [3.8, 4) is 0 Å². The molecule has 0 saturated carbocycles. The smallest absolute Gasteiger partial charge is 0.126 e. The van der Waals surface area contributed by atoms with E-state index in [2.05, 4.69) is 16.8 Å². The average molecular weight is 280 g/mol. The van der Waals surface area contributed by atoms with Gasteiger partial charge in [0, 0.05) is 31.4 Å². The van der Waals surface area contributed by atoms with Crippen molar-refractivity contribution >= 4 is 5.69 Å². The Morgan fingerprint density at radius 3 is 2.75 bits per heavy atom. The van der Waals surface area contributed by atoms with E-state index in [4.69, 9.17) is 0 Å². The number of benzene rings is 1. The molecule has 4 heteroatoms. The SMILES string of the molecule is Cc1cc(N(C)CC2CCN(C)C2)c([C@@H](C)O)cc1F. The first kappa shape index (κ1) is 15.3. The molecule has 1 unspecified atom stereocenters. The summed E-state index contributed by atoms with van der Waals surface area (Å²) < 4.78 is 13.7. The van der Waals surface area contributed by atoms with Gasteiger partial charge < -0.3 is 14.9 Å². The Labute approximate surface area is 121 Å². The number of hydrogen-bond donors (Lipinski definition) is 1. The first-order chi connectivity index (χ1) is 9.38. The summed E-state index contributed by atoms with van der Waals surface area (Å²) in [5.74, 6) is 0.385. The highest BCUT2D eigenvalue weighted by molar-refractivity contribution is 5.56. The van der Waals surface area contributed by atoms with Crippen molar-refractivity contribution in [3.63, 3.8) is 0 Å². The first-order valence-corrected chi connectivity index (χ1v) is 7.26. The second-order valence-corrected chi connectivity index (χ2v) is 6.13. The third-order valence-corrected chi connectivity index (χ3v) is 4.19. The quantitative estimate of drug-likeness (QED) is 0.918. The highest BCUT2D eigenvalue weighted by atomic mass is 19.1. The molecule has 2 rings (SSSR count). The molecule has 0 spiro atoms. The van der Waals surface area contributed by atoms with Crippen molar-refractivity contribution in [1.29, 1.82) is 0 Å². The number of hydrogen-bond acceptors (Lipinski definition) is 3. The van der Waals surface area contributed by atoms with E-state index in [0.29, 0.717) is 17.0 Å². The number of nitrogens with zero attached hydrogens (tertiary/aromatic N) is 2. The molecule has 1 aliphatic heterocycles. The molecule has 1 N–H and O–H groups in total. The number of aliphatic hydroxyl groups excluding tert-OH is 1.